The molecule has 1 aliphatic heterocycles. The Hall–Kier alpha value is -0.380. The van der Waals surface area contributed by atoms with Crippen molar-refractivity contribution in [2.75, 3.05) is 24.5 Å². The largest absolute Gasteiger partial charge is 0.369 e. The van der Waals surface area contributed by atoms with E-state index >= 15 is 0 Å². The molecule has 0 saturated carbocycles. The molecule has 1 fully saturated rings. The lowest BCUT2D eigenvalue weighted by molar-refractivity contribution is 0.667. The number of nitrogens with zero attached hydrogens (tertiary/aromatic N) is 1. The monoisotopic (exact) mass is 312 g/mol. The Kier molecular flexibility index (Phi) is 6.06. The second-order valence-electron chi connectivity index (χ2n) is 5.61. The van der Waals surface area contributed by atoms with Crippen molar-refractivity contribution in [2.45, 2.75) is 44.2 Å². The highest BCUT2D eigenvalue weighted by Gasteiger charge is 2.24. The van der Waals surface area contributed by atoms with Crippen LogP contribution in [0.3, 0.4) is 0 Å². The predicted octanol–water partition coefficient (Wildman–Crippen LogP) is 4.17. The Morgan fingerprint density at radius 1 is 1.30 bits per heavy atom. The maximum Gasteiger partial charge on any atom is 0.0427 e. The number of hydrogen-bond acceptors (Lipinski definition) is 3. The number of hydrogen-bond donors (Lipinski definition) is 1. The summed E-state index contributed by atoms with van der Waals surface area (Å²) in [6.45, 7) is 11.0. The number of benzene rings is 1. The fraction of sp³-hybridized carbons (Fsp3) is 0.625. The van der Waals surface area contributed by atoms with E-state index in [1.54, 1.807) is 0 Å². The SMILES string of the molecule is CCCNCc1ccc(Cl)cc1N1CC(C)SC(C)C1. The average Bonchev–Trinajstić information content (AvgIpc) is 2.39. The van der Waals surface area contributed by atoms with Gasteiger partial charge in [0.15, 0.2) is 0 Å². The first kappa shape index (κ1) is 16.0. The van der Waals surface area contributed by atoms with Gasteiger partial charge in [-0.3, -0.25) is 0 Å². The van der Waals surface area contributed by atoms with Gasteiger partial charge in [-0.1, -0.05) is 38.4 Å². The van der Waals surface area contributed by atoms with Crippen molar-refractivity contribution in [3.63, 3.8) is 0 Å². The number of rotatable bonds is 5. The molecular weight excluding hydrogens is 288 g/mol. The molecule has 0 radical (unpaired) electrons. The van der Waals surface area contributed by atoms with Gasteiger partial charge in [0.1, 0.15) is 0 Å². The summed E-state index contributed by atoms with van der Waals surface area (Å²) in [7, 11) is 0. The van der Waals surface area contributed by atoms with Gasteiger partial charge in [-0.2, -0.15) is 11.8 Å². The van der Waals surface area contributed by atoms with E-state index < -0.39 is 0 Å². The van der Waals surface area contributed by atoms with Gasteiger partial charge < -0.3 is 10.2 Å². The van der Waals surface area contributed by atoms with E-state index in [4.69, 9.17) is 11.6 Å². The third-order valence-corrected chi connectivity index (χ3v) is 5.01. The van der Waals surface area contributed by atoms with Gasteiger partial charge in [-0.05, 0) is 30.7 Å². The van der Waals surface area contributed by atoms with Gasteiger partial charge in [-0.15, -0.1) is 0 Å². The number of thioether (sulfide) groups is 1. The highest BCUT2D eigenvalue weighted by Crippen LogP contribution is 2.32. The summed E-state index contributed by atoms with van der Waals surface area (Å²) < 4.78 is 0. The van der Waals surface area contributed by atoms with Crippen LogP contribution in [0.4, 0.5) is 5.69 Å². The summed E-state index contributed by atoms with van der Waals surface area (Å²) in [5.41, 5.74) is 2.66. The Morgan fingerprint density at radius 2 is 2.00 bits per heavy atom. The first-order valence-electron chi connectivity index (χ1n) is 7.49. The molecule has 0 aliphatic carbocycles. The molecule has 1 saturated heterocycles. The third-order valence-electron chi connectivity index (χ3n) is 3.55. The summed E-state index contributed by atoms with van der Waals surface area (Å²) in [4.78, 5) is 2.50. The second-order valence-corrected chi connectivity index (χ2v) is 7.93. The zero-order valence-electron chi connectivity index (χ0n) is 12.7. The van der Waals surface area contributed by atoms with E-state index in [0.29, 0.717) is 10.5 Å². The smallest absolute Gasteiger partial charge is 0.0427 e. The van der Waals surface area contributed by atoms with Crippen LogP contribution in [0.2, 0.25) is 5.02 Å². The molecule has 0 bridgehead atoms. The zero-order valence-corrected chi connectivity index (χ0v) is 14.2. The lowest BCUT2D eigenvalue weighted by atomic mass is 10.1. The summed E-state index contributed by atoms with van der Waals surface area (Å²) in [5.74, 6) is 0. The fourth-order valence-electron chi connectivity index (χ4n) is 2.76. The lowest BCUT2D eigenvalue weighted by Crippen LogP contribution is -2.41. The molecule has 1 N–H and O–H groups in total. The van der Waals surface area contributed by atoms with Crippen LogP contribution in [0, 0.1) is 0 Å². The van der Waals surface area contributed by atoms with Crippen molar-refractivity contribution in [3.05, 3.63) is 28.8 Å². The van der Waals surface area contributed by atoms with E-state index in [1.165, 1.54) is 11.3 Å². The minimum absolute atomic E-state index is 0.675. The molecule has 0 aromatic heterocycles. The molecule has 1 aliphatic rings. The van der Waals surface area contributed by atoms with E-state index in [0.717, 1.165) is 37.6 Å². The van der Waals surface area contributed by atoms with Crippen LogP contribution in [-0.2, 0) is 6.54 Å². The molecule has 4 heteroatoms. The molecule has 0 spiro atoms. The van der Waals surface area contributed by atoms with Gasteiger partial charge in [0.05, 0.1) is 0 Å². The van der Waals surface area contributed by atoms with E-state index in [-0.39, 0.29) is 0 Å². The standard InChI is InChI=1S/C16H25ClN2S/c1-4-7-18-9-14-5-6-15(17)8-16(14)19-10-12(2)20-13(3)11-19/h5-6,8,12-13,18H,4,7,9-11H2,1-3H3. The van der Waals surface area contributed by atoms with Crippen molar-refractivity contribution in [1.82, 2.24) is 5.32 Å². The molecule has 2 atom stereocenters. The minimum atomic E-state index is 0.675. The first-order valence-corrected chi connectivity index (χ1v) is 8.81. The zero-order chi connectivity index (χ0) is 14.5. The highest BCUT2D eigenvalue weighted by atomic mass is 35.5. The van der Waals surface area contributed by atoms with Gasteiger partial charge in [0, 0.05) is 40.8 Å². The topological polar surface area (TPSA) is 15.3 Å². The molecule has 1 aromatic rings. The molecule has 2 nitrogen and oxygen atoms in total. The summed E-state index contributed by atoms with van der Waals surface area (Å²) in [6.07, 6.45) is 1.16. The Morgan fingerprint density at radius 3 is 2.65 bits per heavy atom. The van der Waals surface area contributed by atoms with E-state index in [1.807, 2.05) is 6.07 Å². The molecule has 20 heavy (non-hydrogen) atoms. The normalized spacial score (nSPS) is 23.1. The fourth-order valence-corrected chi connectivity index (χ4v) is 4.25. The van der Waals surface area contributed by atoms with Crippen LogP contribution >= 0.6 is 23.4 Å². The number of nitrogens with one attached hydrogen (secondary N) is 1. The van der Waals surface area contributed by atoms with Gasteiger partial charge in [0.25, 0.3) is 0 Å². The summed E-state index contributed by atoms with van der Waals surface area (Å²) in [5, 5.41) is 5.68. The van der Waals surface area contributed by atoms with Gasteiger partial charge >= 0.3 is 0 Å². The van der Waals surface area contributed by atoms with E-state index in [2.05, 4.69) is 54.9 Å². The van der Waals surface area contributed by atoms with Crippen LogP contribution in [0.15, 0.2) is 18.2 Å². The third kappa shape index (κ3) is 4.31. The molecule has 2 rings (SSSR count). The van der Waals surface area contributed by atoms with Crippen molar-refractivity contribution in [2.24, 2.45) is 0 Å². The number of halogens is 1. The van der Waals surface area contributed by atoms with Gasteiger partial charge in [-0.25, -0.2) is 0 Å². The molecule has 2 unspecified atom stereocenters. The van der Waals surface area contributed by atoms with Gasteiger partial charge in [0.2, 0.25) is 0 Å². The predicted molar refractivity (Wildman–Crippen MR) is 92.2 cm³/mol. The van der Waals surface area contributed by atoms with Crippen LogP contribution in [0.5, 0.6) is 0 Å². The molecule has 0 amide bonds. The van der Waals surface area contributed by atoms with Crippen LogP contribution in [0.1, 0.15) is 32.8 Å². The lowest BCUT2D eigenvalue weighted by Gasteiger charge is -2.37. The van der Waals surface area contributed by atoms with Crippen molar-refractivity contribution in [3.8, 4) is 0 Å². The highest BCUT2D eigenvalue weighted by molar-refractivity contribution is 8.00. The minimum Gasteiger partial charge on any atom is -0.369 e. The Balaban J connectivity index is 2.17. The molecule has 1 heterocycles. The van der Waals surface area contributed by atoms with Crippen molar-refractivity contribution >= 4 is 29.1 Å². The summed E-state index contributed by atoms with van der Waals surface area (Å²) >= 11 is 8.30. The molecular formula is C16H25ClN2S. The maximum atomic E-state index is 6.22. The van der Waals surface area contributed by atoms with E-state index in [9.17, 15) is 0 Å². The summed E-state index contributed by atoms with van der Waals surface area (Å²) in [6, 6.07) is 6.29. The van der Waals surface area contributed by atoms with Crippen LogP contribution in [0.25, 0.3) is 0 Å². The van der Waals surface area contributed by atoms with Crippen molar-refractivity contribution < 1.29 is 0 Å². The number of anilines is 1. The first-order chi connectivity index (χ1) is 9.60. The molecule has 112 valence electrons. The average molecular weight is 313 g/mol. The second kappa shape index (κ2) is 7.58. The Labute approximate surface area is 132 Å². The quantitative estimate of drug-likeness (QED) is 0.822. The van der Waals surface area contributed by atoms with Crippen LogP contribution in [-0.4, -0.2) is 30.1 Å². The van der Waals surface area contributed by atoms with Crippen LogP contribution < -0.4 is 10.2 Å². The molecule has 1 aromatic carbocycles. The maximum absolute atomic E-state index is 6.22. The Bertz CT molecular complexity index is 428. The van der Waals surface area contributed by atoms with Crippen molar-refractivity contribution in [1.29, 1.82) is 0 Å².